The number of thiophene rings is 1. The van der Waals surface area contributed by atoms with Crippen molar-refractivity contribution in [1.29, 1.82) is 0 Å². The van der Waals surface area contributed by atoms with Gasteiger partial charge in [0.15, 0.2) is 5.69 Å². The fraction of sp³-hybridized carbons (Fsp3) is 0.385. The highest BCUT2D eigenvalue weighted by atomic mass is 32.1. The van der Waals surface area contributed by atoms with Crippen molar-refractivity contribution >= 4 is 23.1 Å². The molecule has 0 fully saturated rings. The summed E-state index contributed by atoms with van der Waals surface area (Å²) in [6.45, 7) is 5.82. The second-order valence-corrected chi connectivity index (χ2v) is 6.19. The summed E-state index contributed by atoms with van der Waals surface area (Å²) in [6.07, 6.45) is -4.55. The molecule has 8 heteroatoms. The third-order valence-electron chi connectivity index (χ3n) is 2.94. The van der Waals surface area contributed by atoms with E-state index in [0.717, 1.165) is 21.4 Å². The molecule has 0 radical (unpaired) electrons. The molecule has 1 unspecified atom stereocenters. The molecule has 2 aromatic rings. The number of hydrogen-bond acceptors (Lipinski definition) is 5. The summed E-state index contributed by atoms with van der Waals surface area (Å²) >= 11 is 1.64. The maximum Gasteiger partial charge on any atom is 0.433 e. The Morgan fingerprint density at radius 2 is 1.90 bits per heavy atom. The number of rotatable bonds is 3. The lowest BCUT2D eigenvalue weighted by Gasteiger charge is -2.16. The average Bonchev–Trinajstić information content (AvgIpc) is 2.66. The molecule has 2 rings (SSSR count). The van der Waals surface area contributed by atoms with Crippen molar-refractivity contribution in [2.24, 2.45) is 0 Å². The number of alkyl halides is 3. The number of nitrogens with zero attached hydrogens (tertiary/aromatic N) is 2. The van der Waals surface area contributed by atoms with E-state index in [9.17, 15) is 13.2 Å². The molecule has 0 aliphatic carbocycles. The number of aromatic nitrogens is 2. The highest BCUT2D eigenvalue weighted by Crippen LogP contribution is 2.31. The van der Waals surface area contributed by atoms with Crippen LogP contribution in [0.5, 0.6) is 0 Å². The van der Waals surface area contributed by atoms with Crippen molar-refractivity contribution in [3.63, 3.8) is 0 Å². The second kappa shape index (κ2) is 5.51. The number of anilines is 2. The Morgan fingerprint density at radius 1 is 1.24 bits per heavy atom. The van der Waals surface area contributed by atoms with Crippen molar-refractivity contribution in [1.82, 2.24) is 9.97 Å². The first-order chi connectivity index (χ1) is 9.66. The maximum absolute atomic E-state index is 12.7. The summed E-state index contributed by atoms with van der Waals surface area (Å²) in [7, 11) is 0. The van der Waals surface area contributed by atoms with Gasteiger partial charge in [-0.05, 0) is 32.4 Å². The zero-order valence-electron chi connectivity index (χ0n) is 11.7. The van der Waals surface area contributed by atoms with Crippen LogP contribution in [0.15, 0.2) is 12.1 Å². The number of aryl methyl sites for hydroxylation is 2. The molecule has 2 aromatic heterocycles. The molecule has 0 aliphatic heterocycles. The molecule has 0 bridgehead atoms. The van der Waals surface area contributed by atoms with E-state index in [0.29, 0.717) is 0 Å². The Hall–Kier alpha value is -1.83. The van der Waals surface area contributed by atoms with Gasteiger partial charge in [-0.15, -0.1) is 11.3 Å². The quantitative estimate of drug-likeness (QED) is 0.900. The van der Waals surface area contributed by atoms with Gasteiger partial charge in [0.25, 0.3) is 0 Å². The van der Waals surface area contributed by atoms with Gasteiger partial charge in [-0.25, -0.2) is 4.98 Å². The SMILES string of the molecule is Cc1cc(C(C)Nc2cc(C(F)(F)F)nc(N)n2)c(C)s1. The smallest absolute Gasteiger partial charge is 0.368 e. The Labute approximate surface area is 124 Å². The van der Waals surface area contributed by atoms with Crippen molar-refractivity contribution in [3.8, 4) is 0 Å². The van der Waals surface area contributed by atoms with E-state index in [1.165, 1.54) is 0 Å². The van der Waals surface area contributed by atoms with E-state index in [1.54, 1.807) is 11.3 Å². The fourth-order valence-electron chi connectivity index (χ4n) is 2.06. The average molecular weight is 316 g/mol. The lowest BCUT2D eigenvalue weighted by Crippen LogP contribution is -2.14. The van der Waals surface area contributed by atoms with E-state index >= 15 is 0 Å². The Balaban J connectivity index is 2.27. The molecule has 21 heavy (non-hydrogen) atoms. The lowest BCUT2D eigenvalue weighted by molar-refractivity contribution is -0.141. The van der Waals surface area contributed by atoms with Crippen LogP contribution in [0.2, 0.25) is 0 Å². The predicted octanol–water partition coefficient (Wildman–Crippen LogP) is 3.93. The van der Waals surface area contributed by atoms with E-state index in [1.807, 2.05) is 26.8 Å². The molecule has 0 aromatic carbocycles. The third-order valence-corrected chi connectivity index (χ3v) is 3.93. The molecular weight excluding hydrogens is 301 g/mol. The van der Waals surface area contributed by atoms with Crippen molar-refractivity contribution in [2.45, 2.75) is 33.0 Å². The number of nitrogen functional groups attached to an aromatic ring is 1. The van der Waals surface area contributed by atoms with E-state index < -0.39 is 17.8 Å². The second-order valence-electron chi connectivity index (χ2n) is 4.73. The minimum atomic E-state index is -4.55. The van der Waals surface area contributed by atoms with E-state index in [4.69, 9.17) is 5.73 Å². The van der Waals surface area contributed by atoms with Gasteiger partial charge in [-0.2, -0.15) is 18.2 Å². The largest absolute Gasteiger partial charge is 0.433 e. The molecule has 0 spiro atoms. The lowest BCUT2D eigenvalue weighted by atomic mass is 10.1. The summed E-state index contributed by atoms with van der Waals surface area (Å²) < 4.78 is 38.1. The zero-order chi connectivity index (χ0) is 15.8. The van der Waals surface area contributed by atoms with Gasteiger partial charge in [0.1, 0.15) is 5.82 Å². The molecule has 2 heterocycles. The summed E-state index contributed by atoms with van der Waals surface area (Å²) in [5.74, 6) is -0.344. The van der Waals surface area contributed by atoms with Crippen LogP contribution >= 0.6 is 11.3 Å². The first kappa shape index (κ1) is 15.6. The minimum Gasteiger partial charge on any atom is -0.368 e. The van der Waals surface area contributed by atoms with Gasteiger partial charge in [-0.3, -0.25) is 0 Å². The molecule has 4 nitrogen and oxygen atoms in total. The van der Waals surface area contributed by atoms with Gasteiger partial charge < -0.3 is 11.1 Å². The number of halogens is 3. The van der Waals surface area contributed by atoms with E-state index in [2.05, 4.69) is 15.3 Å². The Bertz CT molecular complexity index is 651. The Kier molecular flexibility index (Phi) is 4.08. The fourth-order valence-corrected chi connectivity index (χ4v) is 3.09. The number of nitrogens with two attached hydrogens (primary N) is 1. The van der Waals surface area contributed by atoms with Crippen LogP contribution in [0.4, 0.5) is 24.9 Å². The number of hydrogen-bond donors (Lipinski definition) is 2. The van der Waals surface area contributed by atoms with Crippen LogP contribution in [0, 0.1) is 13.8 Å². The topological polar surface area (TPSA) is 63.8 Å². The summed E-state index contributed by atoms with van der Waals surface area (Å²) in [4.78, 5) is 9.28. The number of nitrogens with one attached hydrogen (secondary N) is 1. The van der Waals surface area contributed by atoms with Crippen LogP contribution in [-0.2, 0) is 6.18 Å². The molecule has 114 valence electrons. The molecule has 0 saturated carbocycles. The third kappa shape index (κ3) is 3.63. The molecule has 0 amide bonds. The Morgan fingerprint density at radius 3 is 2.43 bits per heavy atom. The van der Waals surface area contributed by atoms with Crippen LogP contribution < -0.4 is 11.1 Å². The maximum atomic E-state index is 12.7. The minimum absolute atomic E-state index is 0.0607. The standard InChI is InChI=1S/C13H15F3N4S/c1-6-4-9(8(3)21-6)7(2)18-11-5-10(13(14,15)16)19-12(17)20-11/h4-5,7H,1-3H3,(H3,17,18,19,20). The first-order valence-electron chi connectivity index (χ1n) is 6.22. The van der Waals surface area contributed by atoms with Crippen LogP contribution in [-0.4, -0.2) is 9.97 Å². The predicted molar refractivity (Wildman–Crippen MR) is 77.3 cm³/mol. The van der Waals surface area contributed by atoms with Gasteiger partial charge in [0.05, 0.1) is 6.04 Å². The highest BCUT2D eigenvalue weighted by Gasteiger charge is 2.33. The van der Waals surface area contributed by atoms with E-state index in [-0.39, 0.29) is 11.9 Å². The van der Waals surface area contributed by atoms with Crippen LogP contribution in [0.1, 0.15) is 34.0 Å². The molecule has 1 atom stereocenters. The monoisotopic (exact) mass is 316 g/mol. The molecule has 0 saturated heterocycles. The summed E-state index contributed by atoms with van der Waals surface area (Å²) in [5, 5.41) is 2.94. The highest BCUT2D eigenvalue weighted by molar-refractivity contribution is 7.12. The van der Waals surface area contributed by atoms with Crippen LogP contribution in [0.3, 0.4) is 0 Å². The first-order valence-corrected chi connectivity index (χ1v) is 7.03. The van der Waals surface area contributed by atoms with Crippen molar-refractivity contribution in [3.05, 3.63) is 33.1 Å². The van der Waals surface area contributed by atoms with Gasteiger partial charge in [0.2, 0.25) is 5.95 Å². The molecule has 0 aliphatic rings. The molecule has 3 N–H and O–H groups in total. The van der Waals surface area contributed by atoms with Gasteiger partial charge in [-0.1, -0.05) is 0 Å². The van der Waals surface area contributed by atoms with Crippen molar-refractivity contribution in [2.75, 3.05) is 11.1 Å². The summed E-state index contributed by atoms with van der Waals surface area (Å²) in [5.41, 5.74) is 5.32. The zero-order valence-corrected chi connectivity index (χ0v) is 12.6. The molecular formula is C13H15F3N4S. The summed E-state index contributed by atoms with van der Waals surface area (Å²) in [6, 6.07) is 2.69. The van der Waals surface area contributed by atoms with Gasteiger partial charge in [0, 0.05) is 15.8 Å². The van der Waals surface area contributed by atoms with Crippen LogP contribution in [0.25, 0.3) is 0 Å². The van der Waals surface area contributed by atoms with Crippen molar-refractivity contribution < 1.29 is 13.2 Å². The van der Waals surface area contributed by atoms with Gasteiger partial charge >= 0.3 is 6.18 Å². The normalized spacial score (nSPS) is 13.2.